The Morgan fingerprint density at radius 2 is 1.96 bits per heavy atom. The van der Waals surface area contributed by atoms with Crippen molar-refractivity contribution in [1.82, 2.24) is 14.7 Å². The minimum Gasteiger partial charge on any atom is -0.353 e. The van der Waals surface area contributed by atoms with E-state index < -0.39 is 0 Å². The molecule has 1 aliphatic carbocycles. The first-order valence-corrected chi connectivity index (χ1v) is 8.91. The maximum atomic E-state index is 12.5. The van der Waals surface area contributed by atoms with E-state index in [1.165, 1.54) is 11.1 Å². The predicted molar refractivity (Wildman–Crippen MR) is 98.7 cm³/mol. The molecule has 1 saturated carbocycles. The van der Waals surface area contributed by atoms with Crippen LogP contribution in [0.5, 0.6) is 0 Å². The number of benzene rings is 1. The van der Waals surface area contributed by atoms with Crippen LogP contribution >= 0.6 is 0 Å². The molecule has 1 N–H and O–H groups in total. The SMILES string of the molecule is Cc1ccccc1C(CC(=O)NC1CC1)c1cnc2c(C)cccn12. The highest BCUT2D eigenvalue weighted by molar-refractivity contribution is 5.78. The van der Waals surface area contributed by atoms with Gasteiger partial charge in [0, 0.05) is 30.8 Å². The van der Waals surface area contributed by atoms with Crippen molar-refractivity contribution in [2.75, 3.05) is 0 Å². The van der Waals surface area contributed by atoms with Crippen molar-refractivity contribution in [2.24, 2.45) is 0 Å². The minimum atomic E-state index is -0.00301. The van der Waals surface area contributed by atoms with Gasteiger partial charge in [0.25, 0.3) is 0 Å². The number of aryl methyl sites for hydroxylation is 2. The van der Waals surface area contributed by atoms with Crippen molar-refractivity contribution in [3.63, 3.8) is 0 Å². The molecule has 0 saturated heterocycles. The van der Waals surface area contributed by atoms with Crippen LogP contribution in [0.3, 0.4) is 0 Å². The Balaban J connectivity index is 1.77. The molecule has 1 atom stereocenters. The lowest BCUT2D eigenvalue weighted by atomic mass is 9.89. The summed E-state index contributed by atoms with van der Waals surface area (Å²) < 4.78 is 2.12. The number of aromatic nitrogens is 2. The molecule has 0 radical (unpaired) electrons. The number of pyridine rings is 1. The van der Waals surface area contributed by atoms with Gasteiger partial charge in [0.2, 0.25) is 5.91 Å². The van der Waals surface area contributed by atoms with Crippen LogP contribution in [0.2, 0.25) is 0 Å². The normalized spacial score (nSPS) is 15.3. The van der Waals surface area contributed by atoms with Gasteiger partial charge in [-0.3, -0.25) is 4.79 Å². The molecule has 3 aromatic rings. The molecule has 2 heterocycles. The summed E-state index contributed by atoms with van der Waals surface area (Å²) in [5.74, 6) is 0.120. The van der Waals surface area contributed by atoms with E-state index >= 15 is 0 Å². The lowest BCUT2D eigenvalue weighted by Gasteiger charge is -2.19. The number of nitrogens with zero attached hydrogens (tertiary/aromatic N) is 2. The summed E-state index contributed by atoms with van der Waals surface area (Å²) in [6.07, 6.45) is 6.62. The Labute approximate surface area is 147 Å². The van der Waals surface area contributed by atoms with Gasteiger partial charge in [0.05, 0.1) is 5.69 Å². The predicted octanol–water partition coefficient (Wildman–Crippen LogP) is 3.75. The summed E-state index contributed by atoms with van der Waals surface area (Å²) in [5.41, 5.74) is 5.56. The van der Waals surface area contributed by atoms with Crippen molar-refractivity contribution in [2.45, 2.75) is 45.1 Å². The molecule has 0 spiro atoms. The van der Waals surface area contributed by atoms with Crippen LogP contribution in [0.1, 0.15) is 47.6 Å². The summed E-state index contributed by atoms with van der Waals surface area (Å²) in [5, 5.41) is 3.13. The second kappa shape index (κ2) is 6.36. The van der Waals surface area contributed by atoms with Gasteiger partial charge in [-0.05, 0) is 49.4 Å². The number of amides is 1. The maximum Gasteiger partial charge on any atom is 0.221 e. The van der Waals surface area contributed by atoms with E-state index in [0.717, 1.165) is 29.7 Å². The van der Waals surface area contributed by atoms with Crippen LogP contribution in [0.25, 0.3) is 5.65 Å². The standard InChI is InChI=1S/C21H23N3O/c1-14-6-3-4-8-17(14)18(12-20(25)23-16-9-10-16)19-13-22-21-15(2)7-5-11-24(19)21/h3-8,11,13,16,18H,9-10,12H2,1-2H3,(H,23,25). The number of nitrogens with one attached hydrogen (secondary N) is 1. The van der Waals surface area contributed by atoms with Crippen molar-refractivity contribution in [3.8, 4) is 0 Å². The van der Waals surface area contributed by atoms with Gasteiger partial charge in [-0.1, -0.05) is 30.3 Å². The number of carbonyl (C=O) groups excluding carboxylic acids is 1. The number of imidazole rings is 1. The van der Waals surface area contributed by atoms with Crippen molar-refractivity contribution >= 4 is 11.6 Å². The van der Waals surface area contributed by atoms with Gasteiger partial charge in [-0.25, -0.2) is 4.98 Å². The third-order valence-electron chi connectivity index (χ3n) is 5.01. The molecule has 4 heteroatoms. The molecule has 4 rings (SSSR count). The highest BCUT2D eigenvalue weighted by atomic mass is 16.1. The number of fused-ring (bicyclic) bond motifs is 1. The molecule has 1 fully saturated rings. The molecule has 1 amide bonds. The van der Waals surface area contributed by atoms with Crippen LogP contribution in [-0.4, -0.2) is 21.3 Å². The average Bonchev–Trinajstić information content (AvgIpc) is 3.29. The molecule has 2 aromatic heterocycles. The third-order valence-corrected chi connectivity index (χ3v) is 5.01. The molecule has 128 valence electrons. The van der Waals surface area contributed by atoms with Gasteiger partial charge < -0.3 is 9.72 Å². The Hall–Kier alpha value is -2.62. The molecular formula is C21H23N3O. The first kappa shape index (κ1) is 15.9. The van der Waals surface area contributed by atoms with Gasteiger partial charge in [0.1, 0.15) is 5.65 Å². The van der Waals surface area contributed by atoms with Crippen LogP contribution < -0.4 is 5.32 Å². The smallest absolute Gasteiger partial charge is 0.221 e. The van der Waals surface area contributed by atoms with Crippen molar-refractivity contribution in [1.29, 1.82) is 0 Å². The van der Waals surface area contributed by atoms with E-state index in [4.69, 9.17) is 0 Å². The maximum absolute atomic E-state index is 12.5. The van der Waals surface area contributed by atoms with Crippen LogP contribution in [0.15, 0.2) is 48.8 Å². The number of hydrogen-bond acceptors (Lipinski definition) is 2. The number of hydrogen-bond donors (Lipinski definition) is 1. The molecule has 1 aromatic carbocycles. The summed E-state index contributed by atoms with van der Waals surface area (Å²) in [6, 6.07) is 12.8. The van der Waals surface area contributed by atoms with E-state index in [1.807, 2.05) is 30.6 Å². The number of carbonyl (C=O) groups is 1. The second-order valence-corrected chi connectivity index (χ2v) is 7.02. The largest absolute Gasteiger partial charge is 0.353 e. The molecule has 1 unspecified atom stereocenters. The summed E-state index contributed by atoms with van der Waals surface area (Å²) in [6.45, 7) is 4.17. The fourth-order valence-corrected chi connectivity index (χ4v) is 3.48. The summed E-state index contributed by atoms with van der Waals surface area (Å²) >= 11 is 0. The topological polar surface area (TPSA) is 46.4 Å². The lowest BCUT2D eigenvalue weighted by molar-refractivity contribution is -0.121. The van der Waals surface area contributed by atoms with E-state index in [1.54, 1.807) is 0 Å². The van der Waals surface area contributed by atoms with Crippen LogP contribution in [-0.2, 0) is 4.79 Å². The van der Waals surface area contributed by atoms with Gasteiger partial charge >= 0.3 is 0 Å². The van der Waals surface area contributed by atoms with Gasteiger partial charge in [-0.15, -0.1) is 0 Å². The van der Waals surface area contributed by atoms with Gasteiger partial charge in [-0.2, -0.15) is 0 Å². The third kappa shape index (κ3) is 3.16. The van der Waals surface area contributed by atoms with Crippen molar-refractivity contribution in [3.05, 3.63) is 71.2 Å². The summed E-state index contributed by atoms with van der Waals surface area (Å²) in [4.78, 5) is 17.2. The molecule has 1 aliphatic rings. The Kier molecular flexibility index (Phi) is 4.04. The van der Waals surface area contributed by atoms with E-state index in [2.05, 4.69) is 46.7 Å². The quantitative estimate of drug-likeness (QED) is 0.773. The molecular weight excluding hydrogens is 310 g/mol. The first-order valence-electron chi connectivity index (χ1n) is 8.91. The molecule has 25 heavy (non-hydrogen) atoms. The van der Waals surface area contributed by atoms with E-state index in [0.29, 0.717) is 12.5 Å². The fourth-order valence-electron chi connectivity index (χ4n) is 3.48. The fraction of sp³-hybridized carbons (Fsp3) is 0.333. The van der Waals surface area contributed by atoms with Crippen molar-refractivity contribution < 1.29 is 4.79 Å². The zero-order valence-electron chi connectivity index (χ0n) is 14.7. The van der Waals surface area contributed by atoms with E-state index in [-0.39, 0.29) is 11.8 Å². The number of rotatable bonds is 5. The zero-order chi connectivity index (χ0) is 17.4. The molecule has 4 nitrogen and oxygen atoms in total. The molecule has 0 aliphatic heterocycles. The monoisotopic (exact) mass is 333 g/mol. The Bertz CT molecular complexity index is 924. The first-order chi connectivity index (χ1) is 12.1. The highest BCUT2D eigenvalue weighted by Crippen LogP contribution is 2.32. The highest BCUT2D eigenvalue weighted by Gasteiger charge is 2.27. The van der Waals surface area contributed by atoms with E-state index in [9.17, 15) is 4.79 Å². The molecule has 0 bridgehead atoms. The summed E-state index contributed by atoms with van der Waals surface area (Å²) in [7, 11) is 0. The minimum absolute atomic E-state index is 0.00301. The van der Waals surface area contributed by atoms with Gasteiger partial charge in [0.15, 0.2) is 0 Å². The average molecular weight is 333 g/mol. The lowest BCUT2D eigenvalue weighted by Crippen LogP contribution is -2.27. The zero-order valence-corrected chi connectivity index (χ0v) is 14.7. The van der Waals surface area contributed by atoms with Crippen LogP contribution in [0.4, 0.5) is 0 Å². The second-order valence-electron chi connectivity index (χ2n) is 7.02. The Morgan fingerprint density at radius 1 is 1.20 bits per heavy atom. The Morgan fingerprint density at radius 3 is 2.72 bits per heavy atom. The van der Waals surface area contributed by atoms with Crippen LogP contribution in [0, 0.1) is 13.8 Å².